The summed E-state index contributed by atoms with van der Waals surface area (Å²) in [4.78, 5) is 18.2. The van der Waals surface area contributed by atoms with E-state index in [1.165, 1.54) is 29.7 Å². The Bertz CT molecular complexity index is 606. The fourth-order valence-electron chi connectivity index (χ4n) is 2.51. The number of nitrogens with one attached hydrogen (secondary N) is 1. The van der Waals surface area contributed by atoms with Crippen LogP contribution in [0.1, 0.15) is 57.5 Å². The van der Waals surface area contributed by atoms with E-state index in [1.54, 1.807) is 24.3 Å². The van der Waals surface area contributed by atoms with Crippen molar-refractivity contribution in [2.45, 2.75) is 45.6 Å². The zero-order valence-electron chi connectivity index (χ0n) is 11.7. The van der Waals surface area contributed by atoms with Crippen LogP contribution in [-0.2, 0) is 12.8 Å². The Labute approximate surface area is 122 Å². The third-order valence-electron chi connectivity index (χ3n) is 3.68. The van der Waals surface area contributed by atoms with E-state index in [-0.39, 0.29) is 11.9 Å². The molecule has 4 nitrogen and oxygen atoms in total. The van der Waals surface area contributed by atoms with Gasteiger partial charge in [-0.15, -0.1) is 11.3 Å². The Morgan fingerprint density at radius 1 is 1.45 bits per heavy atom. The molecule has 1 aliphatic carbocycles. The van der Waals surface area contributed by atoms with Crippen molar-refractivity contribution in [2.75, 3.05) is 0 Å². The molecule has 1 amide bonds. The highest BCUT2D eigenvalue weighted by Crippen LogP contribution is 2.29. The summed E-state index contributed by atoms with van der Waals surface area (Å²) >= 11 is 1.74. The molecule has 3 rings (SSSR count). The van der Waals surface area contributed by atoms with Gasteiger partial charge in [0.25, 0.3) is 5.91 Å². The molecule has 5 heteroatoms. The fraction of sp³-hybridized carbons (Fsp3) is 0.467. The summed E-state index contributed by atoms with van der Waals surface area (Å²) in [5, 5.41) is 4.00. The number of rotatable bonds is 3. The van der Waals surface area contributed by atoms with E-state index in [1.807, 2.05) is 6.92 Å². The van der Waals surface area contributed by atoms with E-state index in [9.17, 15) is 4.79 Å². The van der Waals surface area contributed by atoms with E-state index in [0.717, 1.165) is 17.8 Å². The first-order valence-electron chi connectivity index (χ1n) is 6.98. The second-order valence-electron chi connectivity index (χ2n) is 5.21. The molecule has 2 heterocycles. The summed E-state index contributed by atoms with van der Waals surface area (Å²) in [5.41, 5.74) is 1.83. The van der Waals surface area contributed by atoms with E-state index in [0.29, 0.717) is 11.3 Å². The van der Waals surface area contributed by atoms with Crippen molar-refractivity contribution in [3.8, 4) is 0 Å². The number of aryl methyl sites for hydroxylation is 3. The number of aromatic nitrogens is 1. The van der Waals surface area contributed by atoms with Crippen LogP contribution in [0.4, 0.5) is 0 Å². The van der Waals surface area contributed by atoms with Crippen molar-refractivity contribution < 1.29 is 9.21 Å². The van der Waals surface area contributed by atoms with Crippen LogP contribution < -0.4 is 5.32 Å². The van der Waals surface area contributed by atoms with Gasteiger partial charge in [-0.2, -0.15) is 0 Å². The van der Waals surface area contributed by atoms with Gasteiger partial charge in [-0.1, -0.05) is 0 Å². The molecule has 0 aliphatic heterocycles. The molecule has 1 atom stereocenters. The SMILES string of the molecule is Cc1occc1C(=O)NC(C)c1nc2c(s1)CCCC2. The standard InChI is InChI=1S/C15H18N2O2S/c1-9(16-14(18)11-7-8-19-10(11)2)15-17-12-5-3-4-6-13(12)20-15/h7-9H,3-6H2,1-2H3,(H,16,18). The van der Waals surface area contributed by atoms with Crippen molar-refractivity contribution in [1.29, 1.82) is 0 Å². The van der Waals surface area contributed by atoms with Gasteiger partial charge in [-0.25, -0.2) is 4.98 Å². The highest BCUT2D eigenvalue weighted by atomic mass is 32.1. The number of carbonyl (C=O) groups is 1. The number of furan rings is 1. The molecular formula is C15H18N2O2S. The van der Waals surface area contributed by atoms with Gasteiger partial charge in [-0.3, -0.25) is 4.79 Å². The van der Waals surface area contributed by atoms with E-state index in [2.05, 4.69) is 10.3 Å². The van der Waals surface area contributed by atoms with Crippen LogP contribution in [0.25, 0.3) is 0 Å². The van der Waals surface area contributed by atoms with Crippen molar-refractivity contribution in [2.24, 2.45) is 0 Å². The molecule has 0 aromatic carbocycles. The molecule has 0 bridgehead atoms. The largest absolute Gasteiger partial charge is 0.469 e. The fourth-order valence-corrected chi connectivity index (χ4v) is 3.67. The first-order chi connectivity index (χ1) is 9.65. The highest BCUT2D eigenvalue weighted by Gasteiger charge is 2.21. The maximum absolute atomic E-state index is 12.2. The molecule has 0 spiro atoms. The van der Waals surface area contributed by atoms with Gasteiger partial charge in [0.05, 0.1) is 23.6 Å². The van der Waals surface area contributed by atoms with E-state index >= 15 is 0 Å². The average molecular weight is 290 g/mol. The average Bonchev–Trinajstić information content (AvgIpc) is 3.04. The molecule has 1 N–H and O–H groups in total. The molecule has 20 heavy (non-hydrogen) atoms. The Hall–Kier alpha value is -1.62. The maximum Gasteiger partial charge on any atom is 0.255 e. The van der Waals surface area contributed by atoms with Crippen molar-refractivity contribution in [3.05, 3.63) is 39.2 Å². The van der Waals surface area contributed by atoms with Gasteiger partial charge in [-0.05, 0) is 45.6 Å². The zero-order chi connectivity index (χ0) is 14.1. The lowest BCUT2D eigenvalue weighted by molar-refractivity contribution is 0.0938. The first kappa shape index (κ1) is 13.4. The van der Waals surface area contributed by atoms with E-state index < -0.39 is 0 Å². The third kappa shape index (κ3) is 2.50. The Balaban J connectivity index is 1.73. The molecule has 0 fully saturated rings. The minimum Gasteiger partial charge on any atom is -0.469 e. The summed E-state index contributed by atoms with van der Waals surface area (Å²) in [6, 6.07) is 1.64. The lowest BCUT2D eigenvalue weighted by atomic mass is 10.0. The smallest absolute Gasteiger partial charge is 0.255 e. The van der Waals surface area contributed by atoms with Gasteiger partial charge >= 0.3 is 0 Å². The molecular weight excluding hydrogens is 272 g/mol. The summed E-state index contributed by atoms with van der Waals surface area (Å²) in [7, 11) is 0. The van der Waals surface area contributed by atoms with Crippen molar-refractivity contribution in [1.82, 2.24) is 10.3 Å². The van der Waals surface area contributed by atoms with Crippen LogP contribution in [0.5, 0.6) is 0 Å². The molecule has 1 aliphatic rings. The number of hydrogen-bond acceptors (Lipinski definition) is 4. The molecule has 1 unspecified atom stereocenters. The maximum atomic E-state index is 12.2. The summed E-state index contributed by atoms with van der Waals surface area (Å²) < 4.78 is 5.17. The number of amides is 1. The van der Waals surface area contributed by atoms with Crippen LogP contribution in [0.3, 0.4) is 0 Å². The second-order valence-corrected chi connectivity index (χ2v) is 6.33. The van der Waals surface area contributed by atoms with Crippen LogP contribution in [-0.4, -0.2) is 10.9 Å². The van der Waals surface area contributed by atoms with Gasteiger partial charge in [0.15, 0.2) is 0 Å². The number of hydrogen-bond donors (Lipinski definition) is 1. The minimum atomic E-state index is -0.100. The topological polar surface area (TPSA) is 55.1 Å². The van der Waals surface area contributed by atoms with Crippen molar-refractivity contribution in [3.63, 3.8) is 0 Å². The minimum absolute atomic E-state index is 0.0626. The van der Waals surface area contributed by atoms with Gasteiger partial charge < -0.3 is 9.73 Å². The second kappa shape index (κ2) is 5.40. The lowest BCUT2D eigenvalue weighted by Crippen LogP contribution is -2.26. The number of fused-ring (bicyclic) bond motifs is 1. The quantitative estimate of drug-likeness (QED) is 0.942. The van der Waals surface area contributed by atoms with Crippen LogP contribution in [0.15, 0.2) is 16.7 Å². The molecule has 106 valence electrons. The van der Waals surface area contributed by atoms with Crippen LogP contribution >= 0.6 is 11.3 Å². The number of thiazole rings is 1. The number of carbonyl (C=O) groups excluding carboxylic acids is 1. The van der Waals surface area contributed by atoms with Gasteiger partial charge in [0, 0.05) is 4.88 Å². The molecule has 0 saturated heterocycles. The first-order valence-corrected chi connectivity index (χ1v) is 7.80. The summed E-state index contributed by atoms with van der Waals surface area (Å²) in [6.07, 6.45) is 6.23. The normalized spacial score (nSPS) is 15.7. The summed E-state index contributed by atoms with van der Waals surface area (Å²) in [6.45, 7) is 3.78. The molecule has 2 aromatic heterocycles. The summed E-state index contributed by atoms with van der Waals surface area (Å²) in [5.74, 6) is 0.546. The Kier molecular flexibility index (Phi) is 3.61. The zero-order valence-corrected chi connectivity index (χ0v) is 12.5. The third-order valence-corrected chi connectivity index (χ3v) is 5.02. The predicted molar refractivity (Wildman–Crippen MR) is 78.1 cm³/mol. The highest BCUT2D eigenvalue weighted by molar-refractivity contribution is 7.11. The lowest BCUT2D eigenvalue weighted by Gasteiger charge is -2.10. The van der Waals surface area contributed by atoms with Crippen molar-refractivity contribution >= 4 is 17.2 Å². The molecule has 2 aromatic rings. The number of nitrogens with zero attached hydrogens (tertiary/aromatic N) is 1. The molecule has 0 radical (unpaired) electrons. The monoisotopic (exact) mass is 290 g/mol. The molecule has 0 saturated carbocycles. The van der Waals surface area contributed by atoms with Gasteiger partial charge in [0.1, 0.15) is 10.8 Å². The van der Waals surface area contributed by atoms with Crippen LogP contribution in [0.2, 0.25) is 0 Å². The Morgan fingerprint density at radius 3 is 2.95 bits per heavy atom. The van der Waals surface area contributed by atoms with Crippen LogP contribution in [0, 0.1) is 6.92 Å². The van der Waals surface area contributed by atoms with Gasteiger partial charge in [0.2, 0.25) is 0 Å². The van der Waals surface area contributed by atoms with E-state index in [4.69, 9.17) is 4.42 Å². The predicted octanol–water partition coefficient (Wildman–Crippen LogP) is 3.41. The Morgan fingerprint density at radius 2 is 2.25 bits per heavy atom.